The molecule has 2 heterocycles. The lowest BCUT2D eigenvalue weighted by Gasteiger charge is -2.08. The molecule has 1 N–H and O–H groups in total. The highest BCUT2D eigenvalue weighted by Crippen LogP contribution is 2.20. The Bertz CT molecular complexity index is 652. The van der Waals surface area contributed by atoms with Crippen LogP contribution in [0.2, 0.25) is 0 Å². The summed E-state index contributed by atoms with van der Waals surface area (Å²) in [5.74, 6) is 1.87. The van der Waals surface area contributed by atoms with Gasteiger partial charge in [-0.3, -0.25) is 9.98 Å². The van der Waals surface area contributed by atoms with E-state index in [1.165, 1.54) is 22.3 Å². The Morgan fingerprint density at radius 1 is 0.684 bits per heavy atom. The fraction of sp³-hybridized carbons (Fsp3) is 0.125. The van der Waals surface area contributed by atoms with Gasteiger partial charge in [-0.25, -0.2) is 0 Å². The van der Waals surface area contributed by atoms with Crippen molar-refractivity contribution in [2.45, 2.75) is 13.1 Å². The first-order valence-corrected chi connectivity index (χ1v) is 6.44. The average molecular weight is 247 g/mol. The number of hydrogen-bond acceptors (Lipinski definition) is 3. The Kier molecular flexibility index (Phi) is 2.24. The van der Waals surface area contributed by atoms with Gasteiger partial charge in [-0.1, -0.05) is 48.5 Å². The minimum atomic E-state index is 0.757. The van der Waals surface area contributed by atoms with Crippen molar-refractivity contribution in [3.8, 4) is 0 Å². The van der Waals surface area contributed by atoms with Crippen molar-refractivity contribution >= 4 is 11.7 Å². The van der Waals surface area contributed by atoms with Gasteiger partial charge in [0.15, 0.2) is 0 Å². The van der Waals surface area contributed by atoms with E-state index in [0.29, 0.717) is 0 Å². The van der Waals surface area contributed by atoms with E-state index in [2.05, 4.69) is 51.7 Å². The first-order chi connectivity index (χ1) is 9.42. The first kappa shape index (κ1) is 10.5. The van der Waals surface area contributed by atoms with Gasteiger partial charge >= 0.3 is 0 Å². The SMILES string of the molecule is c1ccc2c(c1)CN=C2NC1=NCc2ccccc21. The number of rotatable bonds is 0. The van der Waals surface area contributed by atoms with Crippen LogP contribution in [0.1, 0.15) is 22.3 Å². The number of aliphatic imine (C=N–C) groups is 2. The molecule has 0 aromatic heterocycles. The van der Waals surface area contributed by atoms with E-state index in [9.17, 15) is 0 Å². The van der Waals surface area contributed by atoms with Crippen LogP contribution >= 0.6 is 0 Å². The van der Waals surface area contributed by atoms with E-state index < -0.39 is 0 Å². The Balaban J connectivity index is 1.65. The molecule has 0 saturated carbocycles. The third kappa shape index (κ3) is 1.66. The molecule has 0 radical (unpaired) electrons. The summed E-state index contributed by atoms with van der Waals surface area (Å²) in [6.07, 6.45) is 0. The molecular formula is C16H13N3. The predicted octanol–water partition coefficient (Wildman–Crippen LogP) is 2.50. The minimum Gasteiger partial charge on any atom is -0.325 e. The highest BCUT2D eigenvalue weighted by atomic mass is 15.1. The quantitative estimate of drug-likeness (QED) is 0.763. The second-order valence-corrected chi connectivity index (χ2v) is 4.77. The lowest BCUT2D eigenvalue weighted by molar-refractivity contribution is 1.09. The van der Waals surface area contributed by atoms with Gasteiger partial charge in [0.2, 0.25) is 0 Å². The van der Waals surface area contributed by atoms with Gasteiger partial charge < -0.3 is 5.32 Å². The number of nitrogens with one attached hydrogen (secondary N) is 1. The molecule has 0 unspecified atom stereocenters. The molecule has 0 amide bonds. The van der Waals surface area contributed by atoms with Crippen LogP contribution < -0.4 is 5.32 Å². The maximum Gasteiger partial charge on any atom is 0.134 e. The molecule has 2 aromatic carbocycles. The van der Waals surface area contributed by atoms with Crippen molar-refractivity contribution in [1.82, 2.24) is 5.32 Å². The smallest absolute Gasteiger partial charge is 0.134 e. The van der Waals surface area contributed by atoms with Gasteiger partial charge in [0.25, 0.3) is 0 Å². The predicted molar refractivity (Wildman–Crippen MR) is 76.5 cm³/mol. The summed E-state index contributed by atoms with van der Waals surface area (Å²) in [5, 5.41) is 3.39. The van der Waals surface area contributed by atoms with Crippen LogP contribution in [0.4, 0.5) is 0 Å². The van der Waals surface area contributed by atoms with Crippen LogP contribution in [0.25, 0.3) is 0 Å². The third-order valence-electron chi connectivity index (χ3n) is 3.60. The zero-order valence-electron chi connectivity index (χ0n) is 10.4. The van der Waals surface area contributed by atoms with E-state index in [-0.39, 0.29) is 0 Å². The second kappa shape index (κ2) is 4.05. The summed E-state index contributed by atoms with van der Waals surface area (Å²) in [4.78, 5) is 9.13. The van der Waals surface area contributed by atoms with Crippen LogP contribution in [0.5, 0.6) is 0 Å². The second-order valence-electron chi connectivity index (χ2n) is 4.77. The lowest BCUT2D eigenvalue weighted by Crippen LogP contribution is -2.30. The average Bonchev–Trinajstić information content (AvgIpc) is 3.05. The standard InChI is InChI=1S/C16H13N3/c1-3-7-13-11(5-1)9-17-15(13)19-16-14-8-4-2-6-12(14)10-18-16/h1-8H,9-10H2,(H,17,18,19). The fourth-order valence-corrected chi connectivity index (χ4v) is 2.60. The van der Waals surface area contributed by atoms with Gasteiger partial charge in [-0.2, -0.15) is 0 Å². The molecular weight excluding hydrogens is 234 g/mol. The lowest BCUT2D eigenvalue weighted by atomic mass is 10.1. The summed E-state index contributed by atoms with van der Waals surface area (Å²) in [6, 6.07) is 16.7. The molecule has 2 aliphatic rings. The number of hydrogen-bond donors (Lipinski definition) is 1. The maximum atomic E-state index is 4.56. The van der Waals surface area contributed by atoms with Gasteiger partial charge in [0, 0.05) is 11.1 Å². The zero-order valence-corrected chi connectivity index (χ0v) is 10.4. The molecule has 3 heteroatoms. The van der Waals surface area contributed by atoms with Crippen LogP contribution in [0.3, 0.4) is 0 Å². The normalized spacial score (nSPS) is 15.6. The fourth-order valence-electron chi connectivity index (χ4n) is 2.60. The molecule has 0 spiro atoms. The Hall–Kier alpha value is -2.42. The van der Waals surface area contributed by atoms with Crippen molar-refractivity contribution < 1.29 is 0 Å². The topological polar surface area (TPSA) is 36.8 Å². The maximum absolute atomic E-state index is 4.56. The van der Waals surface area contributed by atoms with Crippen molar-refractivity contribution in [1.29, 1.82) is 0 Å². The van der Waals surface area contributed by atoms with Crippen LogP contribution in [-0.2, 0) is 13.1 Å². The van der Waals surface area contributed by atoms with Crippen LogP contribution in [0.15, 0.2) is 58.5 Å². The van der Waals surface area contributed by atoms with Crippen molar-refractivity contribution in [3.63, 3.8) is 0 Å². The molecule has 92 valence electrons. The molecule has 19 heavy (non-hydrogen) atoms. The number of amidine groups is 2. The Morgan fingerprint density at radius 2 is 1.16 bits per heavy atom. The molecule has 0 atom stereocenters. The summed E-state index contributed by atoms with van der Waals surface area (Å²) < 4.78 is 0. The molecule has 3 nitrogen and oxygen atoms in total. The molecule has 0 bridgehead atoms. The summed E-state index contributed by atoms with van der Waals surface area (Å²) in [6.45, 7) is 1.51. The number of fused-ring (bicyclic) bond motifs is 2. The highest BCUT2D eigenvalue weighted by Gasteiger charge is 2.20. The molecule has 0 fully saturated rings. The van der Waals surface area contributed by atoms with E-state index in [4.69, 9.17) is 0 Å². The molecule has 0 saturated heterocycles. The molecule has 0 aliphatic carbocycles. The summed E-state index contributed by atoms with van der Waals surface area (Å²) in [5.41, 5.74) is 4.93. The molecule has 2 aromatic rings. The highest BCUT2D eigenvalue weighted by molar-refractivity contribution is 6.17. The van der Waals surface area contributed by atoms with Crippen LogP contribution in [-0.4, -0.2) is 11.7 Å². The number of nitrogens with zero attached hydrogens (tertiary/aromatic N) is 2. The van der Waals surface area contributed by atoms with Crippen LogP contribution in [0, 0.1) is 0 Å². The Labute approximate surface area is 111 Å². The molecule has 2 aliphatic heterocycles. The minimum absolute atomic E-state index is 0.757. The van der Waals surface area contributed by atoms with E-state index >= 15 is 0 Å². The number of benzene rings is 2. The largest absolute Gasteiger partial charge is 0.325 e. The van der Waals surface area contributed by atoms with Crippen molar-refractivity contribution in [2.24, 2.45) is 9.98 Å². The van der Waals surface area contributed by atoms with Gasteiger partial charge in [0.1, 0.15) is 11.7 Å². The summed E-state index contributed by atoms with van der Waals surface area (Å²) in [7, 11) is 0. The first-order valence-electron chi connectivity index (χ1n) is 6.44. The van der Waals surface area contributed by atoms with Crippen molar-refractivity contribution in [3.05, 3.63) is 70.8 Å². The Morgan fingerprint density at radius 3 is 1.68 bits per heavy atom. The molecule has 4 rings (SSSR count). The van der Waals surface area contributed by atoms with E-state index in [0.717, 1.165) is 24.8 Å². The zero-order chi connectivity index (χ0) is 12.7. The van der Waals surface area contributed by atoms with Gasteiger partial charge in [-0.05, 0) is 11.1 Å². The third-order valence-corrected chi connectivity index (χ3v) is 3.60. The van der Waals surface area contributed by atoms with E-state index in [1.54, 1.807) is 0 Å². The van der Waals surface area contributed by atoms with Gasteiger partial charge in [-0.15, -0.1) is 0 Å². The van der Waals surface area contributed by atoms with Gasteiger partial charge in [0.05, 0.1) is 13.1 Å². The van der Waals surface area contributed by atoms with E-state index in [1.807, 2.05) is 12.1 Å². The van der Waals surface area contributed by atoms with Crippen molar-refractivity contribution in [2.75, 3.05) is 0 Å². The monoisotopic (exact) mass is 247 g/mol. The summed E-state index contributed by atoms with van der Waals surface area (Å²) >= 11 is 0.